The molecule has 4 heteroatoms. The van der Waals surface area contributed by atoms with Crippen LogP contribution in [-0.2, 0) is 6.42 Å². The molecule has 0 fully saturated rings. The first-order valence-corrected chi connectivity index (χ1v) is 5.16. The Kier molecular flexibility index (Phi) is 1.80. The third kappa shape index (κ3) is 1.23. The molecular formula is C12H10FNO2. The fraction of sp³-hybridized carbons (Fsp3) is 0.250. The average Bonchev–Trinajstić information content (AvgIpc) is 2.62. The van der Waals surface area contributed by atoms with Crippen LogP contribution in [0, 0.1) is 6.92 Å². The van der Waals surface area contributed by atoms with Gasteiger partial charge in [-0.2, -0.15) is 0 Å². The highest BCUT2D eigenvalue weighted by atomic mass is 19.1. The van der Waals surface area contributed by atoms with Crippen molar-refractivity contribution < 1.29 is 8.81 Å². The van der Waals surface area contributed by atoms with E-state index in [1.807, 2.05) is 6.92 Å². The summed E-state index contributed by atoms with van der Waals surface area (Å²) in [5, 5.41) is 0.488. The molecule has 0 aromatic carbocycles. The molecule has 16 heavy (non-hydrogen) atoms. The maximum absolute atomic E-state index is 13.2. The molecule has 0 saturated heterocycles. The summed E-state index contributed by atoms with van der Waals surface area (Å²) < 4.78 is 18.4. The lowest BCUT2D eigenvalue weighted by atomic mass is 10.0. The Morgan fingerprint density at radius 1 is 1.44 bits per heavy atom. The van der Waals surface area contributed by atoms with Crippen LogP contribution >= 0.6 is 0 Å². The van der Waals surface area contributed by atoms with E-state index in [0.717, 1.165) is 5.69 Å². The minimum absolute atomic E-state index is 0.171. The molecule has 1 N–H and O–H groups in total. The highest BCUT2D eigenvalue weighted by Gasteiger charge is 2.18. The minimum atomic E-state index is -0.353. The van der Waals surface area contributed by atoms with E-state index < -0.39 is 0 Å². The minimum Gasteiger partial charge on any atom is -0.427 e. The first-order chi connectivity index (χ1) is 7.65. The summed E-state index contributed by atoms with van der Waals surface area (Å²) in [4.78, 5) is 14.7. The highest BCUT2D eigenvalue weighted by molar-refractivity contribution is 5.88. The number of aromatic amines is 1. The third-order valence-electron chi connectivity index (χ3n) is 2.85. The second kappa shape index (κ2) is 3.07. The summed E-state index contributed by atoms with van der Waals surface area (Å²) in [6.45, 7) is 1.86. The third-order valence-corrected chi connectivity index (χ3v) is 2.85. The molecule has 0 amide bonds. The molecule has 1 aliphatic carbocycles. The first-order valence-electron chi connectivity index (χ1n) is 5.16. The predicted octanol–water partition coefficient (Wildman–Crippen LogP) is 2.69. The number of fused-ring (bicyclic) bond motifs is 3. The van der Waals surface area contributed by atoms with Crippen molar-refractivity contribution in [1.29, 1.82) is 0 Å². The molecule has 0 radical (unpaired) electrons. The van der Waals surface area contributed by atoms with Crippen LogP contribution in [0.4, 0.5) is 4.39 Å². The van der Waals surface area contributed by atoms with Crippen molar-refractivity contribution in [3.63, 3.8) is 0 Å². The molecule has 0 spiro atoms. The van der Waals surface area contributed by atoms with Gasteiger partial charge < -0.3 is 9.40 Å². The normalized spacial score (nSPS) is 15.0. The van der Waals surface area contributed by atoms with Crippen molar-refractivity contribution in [2.75, 3.05) is 0 Å². The van der Waals surface area contributed by atoms with E-state index in [9.17, 15) is 9.18 Å². The molecule has 82 valence electrons. The zero-order chi connectivity index (χ0) is 11.3. The monoisotopic (exact) mass is 219 g/mol. The molecule has 1 aliphatic rings. The van der Waals surface area contributed by atoms with Crippen LogP contribution in [0.1, 0.15) is 23.4 Å². The van der Waals surface area contributed by atoms with E-state index in [4.69, 9.17) is 4.42 Å². The van der Waals surface area contributed by atoms with Gasteiger partial charge in [0.25, 0.3) is 0 Å². The van der Waals surface area contributed by atoms with Gasteiger partial charge >= 0.3 is 5.63 Å². The zero-order valence-electron chi connectivity index (χ0n) is 8.76. The molecule has 3 nitrogen and oxygen atoms in total. The van der Waals surface area contributed by atoms with E-state index in [1.165, 1.54) is 6.08 Å². The van der Waals surface area contributed by atoms with Gasteiger partial charge in [-0.1, -0.05) is 0 Å². The smallest absolute Gasteiger partial charge is 0.345 e. The van der Waals surface area contributed by atoms with Gasteiger partial charge in [0.1, 0.15) is 11.6 Å². The van der Waals surface area contributed by atoms with Crippen LogP contribution in [0.3, 0.4) is 0 Å². The van der Waals surface area contributed by atoms with Gasteiger partial charge in [0.15, 0.2) is 0 Å². The van der Waals surface area contributed by atoms with Crippen molar-refractivity contribution in [2.45, 2.75) is 19.8 Å². The molecule has 0 saturated carbocycles. The largest absolute Gasteiger partial charge is 0.427 e. The van der Waals surface area contributed by atoms with Gasteiger partial charge in [0, 0.05) is 24.1 Å². The SMILES string of the molecule is Cc1cc2c(=O)oc3c(c2[nH]1)C=C(F)CC3. The predicted molar refractivity (Wildman–Crippen MR) is 59.0 cm³/mol. The van der Waals surface area contributed by atoms with Crippen LogP contribution in [0.15, 0.2) is 21.1 Å². The number of halogens is 1. The molecule has 3 rings (SSSR count). The number of aromatic nitrogens is 1. The molecule has 2 heterocycles. The lowest BCUT2D eigenvalue weighted by molar-refractivity contribution is 0.450. The van der Waals surface area contributed by atoms with Crippen molar-refractivity contribution in [2.24, 2.45) is 0 Å². The van der Waals surface area contributed by atoms with E-state index in [1.54, 1.807) is 6.07 Å². The number of H-pyrrole nitrogens is 1. The second-order valence-electron chi connectivity index (χ2n) is 4.06. The number of rotatable bonds is 0. The number of aryl methyl sites for hydroxylation is 2. The van der Waals surface area contributed by atoms with Gasteiger partial charge in [-0.15, -0.1) is 0 Å². The van der Waals surface area contributed by atoms with Crippen molar-refractivity contribution in [3.05, 3.63) is 39.3 Å². The Balaban J connectivity index is 2.47. The van der Waals surface area contributed by atoms with E-state index >= 15 is 0 Å². The molecule has 2 aromatic rings. The Hall–Kier alpha value is -1.84. The van der Waals surface area contributed by atoms with Gasteiger partial charge in [-0.25, -0.2) is 9.18 Å². The molecular weight excluding hydrogens is 209 g/mol. The topological polar surface area (TPSA) is 46.0 Å². The van der Waals surface area contributed by atoms with Gasteiger partial charge in [0.05, 0.1) is 10.9 Å². The van der Waals surface area contributed by atoms with Crippen LogP contribution in [-0.4, -0.2) is 4.98 Å². The summed E-state index contributed by atoms with van der Waals surface area (Å²) >= 11 is 0. The Morgan fingerprint density at radius 3 is 3.06 bits per heavy atom. The summed E-state index contributed by atoms with van der Waals surface area (Å²) in [5.41, 5.74) is 1.87. The fourth-order valence-electron chi connectivity index (χ4n) is 2.12. The lowest BCUT2D eigenvalue weighted by Crippen LogP contribution is -2.06. The number of hydrogen-bond donors (Lipinski definition) is 1. The zero-order valence-corrected chi connectivity index (χ0v) is 8.76. The van der Waals surface area contributed by atoms with Gasteiger partial charge in [-0.3, -0.25) is 0 Å². The lowest BCUT2D eigenvalue weighted by Gasteiger charge is -2.10. The molecule has 0 bridgehead atoms. The van der Waals surface area contributed by atoms with Crippen LogP contribution in [0.5, 0.6) is 0 Å². The summed E-state index contributed by atoms with van der Waals surface area (Å²) in [6.07, 6.45) is 2.20. The van der Waals surface area contributed by atoms with E-state index in [2.05, 4.69) is 4.98 Å². The van der Waals surface area contributed by atoms with Crippen molar-refractivity contribution >= 4 is 17.0 Å². The van der Waals surface area contributed by atoms with Crippen LogP contribution < -0.4 is 5.63 Å². The Morgan fingerprint density at radius 2 is 2.25 bits per heavy atom. The maximum atomic E-state index is 13.2. The average molecular weight is 219 g/mol. The summed E-state index contributed by atoms with van der Waals surface area (Å²) in [5.74, 6) is 0.399. The Bertz CT molecular complexity index is 663. The highest BCUT2D eigenvalue weighted by Crippen LogP contribution is 2.29. The second-order valence-corrected chi connectivity index (χ2v) is 4.06. The number of allylic oxidation sites excluding steroid dienone is 1. The Labute approximate surface area is 90.6 Å². The molecule has 0 aliphatic heterocycles. The molecule has 2 aromatic heterocycles. The van der Waals surface area contributed by atoms with Gasteiger partial charge in [-0.05, 0) is 19.1 Å². The summed E-state index contributed by atoms with van der Waals surface area (Å²) in [6, 6.07) is 1.72. The first kappa shape index (κ1) is 9.39. The van der Waals surface area contributed by atoms with Crippen LogP contribution in [0.25, 0.3) is 17.0 Å². The van der Waals surface area contributed by atoms with E-state index in [0.29, 0.717) is 35.1 Å². The quantitative estimate of drug-likeness (QED) is 0.740. The summed E-state index contributed by atoms with van der Waals surface area (Å²) in [7, 11) is 0. The van der Waals surface area contributed by atoms with E-state index in [-0.39, 0.29) is 11.5 Å². The van der Waals surface area contributed by atoms with Crippen molar-refractivity contribution in [1.82, 2.24) is 4.98 Å². The van der Waals surface area contributed by atoms with Crippen LogP contribution in [0.2, 0.25) is 0 Å². The molecule has 0 atom stereocenters. The fourth-order valence-corrected chi connectivity index (χ4v) is 2.12. The maximum Gasteiger partial charge on any atom is 0.345 e. The number of nitrogens with one attached hydrogen (secondary N) is 1. The standard InChI is InChI=1S/C12H10FNO2/c1-6-4-9-11(14-6)8-5-7(13)2-3-10(8)16-12(9)15/h4-5,14H,2-3H2,1H3. The number of hydrogen-bond acceptors (Lipinski definition) is 2. The van der Waals surface area contributed by atoms with Gasteiger partial charge in [0.2, 0.25) is 0 Å². The molecule has 0 unspecified atom stereocenters. The van der Waals surface area contributed by atoms with Crippen molar-refractivity contribution in [3.8, 4) is 0 Å².